The van der Waals surface area contributed by atoms with Crippen molar-refractivity contribution in [2.75, 3.05) is 33.9 Å². The lowest BCUT2D eigenvalue weighted by Gasteiger charge is -2.43. The highest BCUT2D eigenvalue weighted by molar-refractivity contribution is 5.91. The van der Waals surface area contributed by atoms with Crippen LogP contribution >= 0.6 is 0 Å². The van der Waals surface area contributed by atoms with E-state index in [1.165, 1.54) is 12.8 Å². The first-order valence-electron chi connectivity index (χ1n) is 9.28. The summed E-state index contributed by atoms with van der Waals surface area (Å²) in [6.45, 7) is 9.54. The van der Waals surface area contributed by atoms with Crippen LogP contribution in [0.5, 0.6) is 11.5 Å². The molecule has 5 nitrogen and oxygen atoms in total. The van der Waals surface area contributed by atoms with Crippen molar-refractivity contribution in [3.8, 4) is 11.5 Å². The lowest BCUT2D eigenvalue weighted by Crippen LogP contribution is -2.54. The first kappa shape index (κ1) is 20.3. The number of benzene rings is 1. The molecule has 1 aliphatic rings. The van der Waals surface area contributed by atoms with Gasteiger partial charge in [-0.15, -0.1) is 0 Å². The van der Waals surface area contributed by atoms with E-state index < -0.39 is 0 Å². The first-order valence-corrected chi connectivity index (χ1v) is 9.28. The summed E-state index contributed by atoms with van der Waals surface area (Å²) in [6, 6.07) is 5.57. The minimum absolute atomic E-state index is 0.0402. The monoisotopic (exact) mass is 360 g/mol. The second-order valence-corrected chi connectivity index (χ2v) is 7.67. The molecule has 1 aromatic carbocycles. The number of nitrogens with zero attached hydrogens (tertiary/aromatic N) is 1. The fourth-order valence-electron chi connectivity index (χ4n) is 3.34. The predicted octanol–water partition coefficient (Wildman–Crippen LogP) is 3.34. The van der Waals surface area contributed by atoms with Crippen molar-refractivity contribution in [2.24, 2.45) is 5.92 Å². The highest BCUT2D eigenvalue weighted by atomic mass is 16.5. The molecule has 0 saturated carbocycles. The van der Waals surface area contributed by atoms with Crippen molar-refractivity contribution in [1.82, 2.24) is 10.2 Å². The van der Waals surface area contributed by atoms with Crippen LogP contribution in [-0.4, -0.2) is 50.2 Å². The molecule has 1 atom stereocenters. The molecular formula is C21H32N2O3. The topological polar surface area (TPSA) is 50.8 Å². The molecule has 1 amide bonds. The van der Waals surface area contributed by atoms with Crippen molar-refractivity contribution >= 4 is 12.0 Å². The molecule has 1 aromatic rings. The molecule has 1 heterocycles. The van der Waals surface area contributed by atoms with Crippen LogP contribution < -0.4 is 14.8 Å². The number of hydrogen-bond donors (Lipinski definition) is 1. The summed E-state index contributed by atoms with van der Waals surface area (Å²) in [5.74, 6) is 1.96. The minimum atomic E-state index is -0.0853. The molecule has 5 heteroatoms. The number of carbonyl (C=O) groups excluding carboxylic acids is 1. The van der Waals surface area contributed by atoms with Gasteiger partial charge in [-0.25, -0.2) is 0 Å². The Morgan fingerprint density at radius 2 is 2.04 bits per heavy atom. The van der Waals surface area contributed by atoms with Crippen molar-refractivity contribution < 1.29 is 14.3 Å². The van der Waals surface area contributed by atoms with Gasteiger partial charge in [-0.2, -0.15) is 0 Å². The molecule has 1 aliphatic heterocycles. The van der Waals surface area contributed by atoms with Crippen LogP contribution in [0.15, 0.2) is 24.3 Å². The summed E-state index contributed by atoms with van der Waals surface area (Å²) >= 11 is 0. The fourth-order valence-corrected chi connectivity index (χ4v) is 3.34. The molecule has 1 saturated heterocycles. The molecular weight excluding hydrogens is 328 g/mol. The number of ether oxygens (including phenoxy) is 2. The highest BCUT2D eigenvalue weighted by Crippen LogP contribution is 2.28. The average Bonchev–Trinajstić information content (AvgIpc) is 2.64. The Bertz CT molecular complexity index is 640. The molecule has 1 unspecified atom stereocenters. The van der Waals surface area contributed by atoms with Gasteiger partial charge in [0.05, 0.1) is 14.2 Å². The first-order chi connectivity index (χ1) is 12.4. The summed E-state index contributed by atoms with van der Waals surface area (Å²) < 4.78 is 10.5. The lowest BCUT2D eigenvalue weighted by atomic mass is 9.93. The zero-order valence-electron chi connectivity index (χ0n) is 16.7. The standard InChI is InChI=1S/C21H32N2O3/c1-16-7-6-12-23(14-16)21(2,3)15-22-20(24)11-9-17-8-10-18(25-4)19(13-17)26-5/h8-11,13,16H,6-7,12,14-15H2,1-5H3,(H,22,24). The van der Waals surface area contributed by atoms with Crippen LogP contribution in [0.4, 0.5) is 0 Å². The summed E-state index contributed by atoms with van der Waals surface area (Å²) in [6.07, 6.45) is 5.88. The zero-order chi connectivity index (χ0) is 19.2. The van der Waals surface area contributed by atoms with Crippen LogP contribution in [0.1, 0.15) is 39.2 Å². The Balaban J connectivity index is 1.90. The Kier molecular flexibility index (Phi) is 7.09. The maximum atomic E-state index is 12.2. The van der Waals surface area contributed by atoms with Gasteiger partial charge in [0.25, 0.3) is 0 Å². The SMILES string of the molecule is COc1ccc(C=CC(=O)NCC(C)(C)N2CCCC(C)C2)cc1OC. The van der Waals surface area contributed by atoms with E-state index in [1.54, 1.807) is 26.4 Å². The van der Waals surface area contributed by atoms with E-state index in [-0.39, 0.29) is 11.4 Å². The minimum Gasteiger partial charge on any atom is -0.493 e. The molecule has 26 heavy (non-hydrogen) atoms. The smallest absolute Gasteiger partial charge is 0.244 e. The van der Waals surface area contributed by atoms with Gasteiger partial charge >= 0.3 is 0 Å². The van der Waals surface area contributed by atoms with E-state index in [0.29, 0.717) is 18.0 Å². The number of hydrogen-bond acceptors (Lipinski definition) is 4. The van der Waals surface area contributed by atoms with Gasteiger partial charge in [-0.1, -0.05) is 13.0 Å². The fraction of sp³-hybridized carbons (Fsp3) is 0.571. The van der Waals surface area contributed by atoms with Crippen LogP contribution in [-0.2, 0) is 4.79 Å². The molecule has 0 bridgehead atoms. The molecule has 0 aliphatic carbocycles. The van der Waals surface area contributed by atoms with Crippen molar-refractivity contribution in [2.45, 2.75) is 39.2 Å². The van der Waals surface area contributed by atoms with Crippen LogP contribution in [0.25, 0.3) is 6.08 Å². The number of rotatable bonds is 7. The Labute approximate surface area is 157 Å². The maximum absolute atomic E-state index is 12.2. The third kappa shape index (κ3) is 5.49. The number of piperidine rings is 1. The van der Waals surface area contributed by atoms with Gasteiger partial charge in [0.1, 0.15) is 0 Å². The third-order valence-electron chi connectivity index (χ3n) is 5.04. The Morgan fingerprint density at radius 1 is 1.31 bits per heavy atom. The van der Waals surface area contributed by atoms with E-state index in [2.05, 4.69) is 31.0 Å². The zero-order valence-corrected chi connectivity index (χ0v) is 16.7. The van der Waals surface area contributed by atoms with E-state index in [0.717, 1.165) is 24.6 Å². The van der Waals surface area contributed by atoms with Crippen LogP contribution in [0, 0.1) is 5.92 Å². The molecule has 1 N–H and O–H groups in total. The Hall–Kier alpha value is -2.01. The Morgan fingerprint density at radius 3 is 2.69 bits per heavy atom. The van der Waals surface area contributed by atoms with E-state index in [1.807, 2.05) is 18.2 Å². The molecule has 144 valence electrons. The lowest BCUT2D eigenvalue weighted by molar-refractivity contribution is -0.117. The van der Waals surface area contributed by atoms with Gasteiger partial charge in [-0.05, 0) is 62.9 Å². The van der Waals surface area contributed by atoms with Crippen molar-refractivity contribution in [3.05, 3.63) is 29.8 Å². The predicted molar refractivity (Wildman–Crippen MR) is 106 cm³/mol. The van der Waals surface area contributed by atoms with Gasteiger partial charge in [0.15, 0.2) is 11.5 Å². The van der Waals surface area contributed by atoms with E-state index >= 15 is 0 Å². The van der Waals surface area contributed by atoms with Gasteiger partial charge in [0, 0.05) is 24.7 Å². The van der Waals surface area contributed by atoms with Gasteiger partial charge < -0.3 is 14.8 Å². The summed E-state index contributed by atoms with van der Waals surface area (Å²) in [5.41, 5.74) is 0.850. The third-order valence-corrected chi connectivity index (χ3v) is 5.04. The largest absolute Gasteiger partial charge is 0.493 e. The summed E-state index contributed by atoms with van der Waals surface area (Å²) in [7, 11) is 3.20. The number of methoxy groups -OCH3 is 2. The van der Waals surface area contributed by atoms with Crippen molar-refractivity contribution in [1.29, 1.82) is 0 Å². The molecule has 2 rings (SSSR count). The number of amides is 1. The number of likely N-dealkylation sites (tertiary alicyclic amines) is 1. The molecule has 0 aromatic heterocycles. The second kappa shape index (κ2) is 9.08. The van der Waals surface area contributed by atoms with Crippen molar-refractivity contribution in [3.63, 3.8) is 0 Å². The second-order valence-electron chi connectivity index (χ2n) is 7.67. The van der Waals surface area contributed by atoms with Crippen LogP contribution in [0.3, 0.4) is 0 Å². The average molecular weight is 360 g/mol. The van der Waals surface area contributed by atoms with E-state index in [9.17, 15) is 4.79 Å². The number of carbonyl (C=O) groups is 1. The molecule has 1 fully saturated rings. The van der Waals surface area contributed by atoms with E-state index in [4.69, 9.17) is 9.47 Å². The normalized spacial score (nSPS) is 18.7. The highest BCUT2D eigenvalue weighted by Gasteiger charge is 2.30. The van der Waals surface area contributed by atoms with Gasteiger partial charge in [0.2, 0.25) is 5.91 Å². The van der Waals surface area contributed by atoms with Gasteiger partial charge in [-0.3, -0.25) is 9.69 Å². The number of nitrogens with one attached hydrogen (secondary N) is 1. The van der Waals surface area contributed by atoms with Crippen LogP contribution in [0.2, 0.25) is 0 Å². The molecule has 0 spiro atoms. The summed E-state index contributed by atoms with van der Waals surface area (Å²) in [4.78, 5) is 14.7. The molecule has 0 radical (unpaired) electrons. The quantitative estimate of drug-likeness (QED) is 0.758. The summed E-state index contributed by atoms with van der Waals surface area (Å²) in [5, 5.41) is 3.03. The maximum Gasteiger partial charge on any atom is 0.244 e.